The molecule has 0 radical (unpaired) electrons. The smallest absolute Gasteiger partial charge is 0.341 e. The Morgan fingerprint density at radius 1 is 1.11 bits per heavy atom. The maximum atomic E-state index is 13.1. The highest BCUT2D eigenvalue weighted by Crippen LogP contribution is 2.40. The van der Waals surface area contributed by atoms with Crippen molar-refractivity contribution in [2.24, 2.45) is 0 Å². The van der Waals surface area contributed by atoms with E-state index in [4.69, 9.17) is 24.9 Å². The molecule has 0 aromatic heterocycles. The molecule has 2 aromatic rings. The highest BCUT2D eigenvalue weighted by Gasteiger charge is 2.29. The minimum atomic E-state index is -1.11. The van der Waals surface area contributed by atoms with Crippen LogP contribution in [-0.4, -0.2) is 66.9 Å². The van der Waals surface area contributed by atoms with E-state index in [2.05, 4.69) is 11.4 Å². The van der Waals surface area contributed by atoms with Gasteiger partial charge in [0.1, 0.15) is 11.6 Å². The van der Waals surface area contributed by atoms with Gasteiger partial charge in [-0.15, -0.1) is 17.0 Å². The van der Waals surface area contributed by atoms with Crippen molar-refractivity contribution in [2.45, 2.75) is 65.3 Å². The zero-order chi connectivity index (χ0) is 31.7. The number of aliphatic carboxylic acids is 1. The molecule has 0 saturated heterocycles. The molecule has 1 aliphatic rings. The summed E-state index contributed by atoms with van der Waals surface area (Å²) in [5.74, 6) is -0.142. The average molecular weight is 674 g/mol. The van der Waals surface area contributed by atoms with Crippen LogP contribution in [0.1, 0.15) is 79.6 Å². The number of hydrogen-bond donors (Lipinski definition) is 3. The van der Waals surface area contributed by atoms with Crippen molar-refractivity contribution in [3.63, 3.8) is 0 Å². The number of hydrogen-bond acceptors (Lipinski definition) is 8. The van der Waals surface area contributed by atoms with Gasteiger partial charge in [0.25, 0.3) is 5.91 Å². The molecular formula is C32H41BrN4O7. The van der Waals surface area contributed by atoms with Crippen molar-refractivity contribution in [2.75, 3.05) is 33.4 Å². The zero-order valence-corrected chi connectivity index (χ0v) is 27.6. The van der Waals surface area contributed by atoms with Gasteiger partial charge in [-0.25, -0.2) is 4.79 Å². The number of halogens is 1. The number of nitrogens with one attached hydrogen (secondary N) is 2. The molecule has 0 saturated carbocycles. The number of ether oxygens (including phenoxy) is 3. The number of carbonyl (C=O) groups is 3. The highest BCUT2D eigenvalue weighted by atomic mass is 79.9. The molecule has 1 heterocycles. The lowest BCUT2D eigenvalue weighted by molar-refractivity contribution is -0.139. The van der Waals surface area contributed by atoms with E-state index in [1.54, 1.807) is 23.1 Å². The van der Waals surface area contributed by atoms with E-state index in [1.807, 2.05) is 33.8 Å². The van der Waals surface area contributed by atoms with E-state index in [9.17, 15) is 19.5 Å². The molecule has 11 nitrogen and oxygen atoms in total. The van der Waals surface area contributed by atoms with E-state index in [0.29, 0.717) is 60.8 Å². The van der Waals surface area contributed by atoms with Crippen LogP contribution in [0.5, 0.6) is 17.2 Å². The minimum absolute atomic E-state index is 0. The lowest BCUT2D eigenvalue weighted by atomic mass is 9.84. The quantitative estimate of drug-likeness (QED) is 0.225. The number of amidine groups is 1. The second-order valence-electron chi connectivity index (χ2n) is 11.3. The Morgan fingerprint density at radius 2 is 1.84 bits per heavy atom. The molecule has 1 amide bonds. The first-order valence-corrected chi connectivity index (χ1v) is 14.3. The number of carbonyl (C=O) groups excluding carboxylic acids is 2. The van der Waals surface area contributed by atoms with Crippen LogP contribution in [-0.2, 0) is 28.0 Å². The van der Waals surface area contributed by atoms with Crippen LogP contribution in [0.2, 0.25) is 0 Å². The average Bonchev–Trinajstić information content (AvgIpc) is 3.25. The first-order chi connectivity index (χ1) is 20.4. The Bertz CT molecular complexity index is 1430. The topological polar surface area (TPSA) is 162 Å². The first kappa shape index (κ1) is 36.1. The molecule has 0 fully saturated rings. The molecule has 0 spiro atoms. The number of unbranched alkanes of at least 4 members (excludes halogenated alkanes) is 1. The number of carboxylic acid groups (broad SMARTS) is 1. The van der Waals surface area contributed by atoms with Gasteiger partial charge in [0.15, 0.2) is 23.9 Å². The van der Waals surface area contributed by atoms with Crippen LogP contribution in [0.3, 0.4) is 0 Å². The first-order valence-electron chi connectivity index (χ1n) is 14.3. The Labute approximate surface area is 268 Å². The molecule has 0 atom stereocenters. The van der Waals surface area contributed by atoms with Crippen LogP contribution >= 0.6 is 17.0 Å². The molecule has 0 bridgehead atoms. The van der Waals surface area contributed by atoms with E-state index in [-0.39, 0.29) is 54.1 Å². The number of amides is 1. The molecular weight excluding hydrogens is 632 g/mol. The Morgan fingerprint density at radius 3 is 2.45 bits per heavy atom. The molecule has 0 aliphatic carbocycles. The summed E-state index contributed by atoms with van der Waals surface area (Å²) in [6.45, 7) is 8.28. The standard InChI is InChI=1S/C32H40N4O7.BrH/c1-6-41-26-15-21-17-36(30(34)23(21)16-24(26)31(40)35-5)18-22(37)10-9-20-13-25(32(2,3)4)29(43-19-28(38)39)27(14-20)42-12-8-7-11-33;/h13-16,34H,6-10,12,17-19H2,1-5H3,(H,35,40)(H,38,39);1H. The van der Waals surface area contributed by atoms with Crippen molar-refractivity contribution >= 4 is 40.5 Å². The van der Waals surface area contributed by atoms with Crippen molar-refractivity contribution in [3.05, 3.63) is 52.1 Å². The SMILES string of the molecule is Br.CCOc1cc2c(cc1C(=O)NC)C(=N)N(CC(=O)CCc1cc(OCCCC#N)c(OCC(=O)O)c(C(C)(C)C)c1)C2. The predicted molar refractivity (Wildman–Crippen MR) is 171 cm³/mol. The molecule has 238 valence electrons. The third-order valence-electron chi connectivity index (χ3n) is 6.92. The molecule has 0 unspecified atom stereocenters. The van der Waals surface area contributed by atoms with Gasteiger partial charge < -0.3 is 29.5 Å². The van der Waals surface area contributed by atoms with E-state index < -0.39 is 18.0 Å². The predicted octanol–water partition coefficient (Wildman–Crippen LogP) is 4.81. The maximum absolute atomic E-state index is 13.1. The van der Waals surface area contributed by atoms with Crippen LogP contribution in [0.25, 0.3) is 0 Å². The van der Waals surface area contributed by atoms with Crippen LogP contribution in [0.15, 0.2) is 24.3 Å². The summed E-state index contributed by atoms with van der Waals surface area (Å²) in [4.78, 5) is 38.5. The van der Waals surface area contributed by atoms with Crippen molar-refractivity contribution in [1.29, 1.82) is 10.7 Å². The summed E-state index contributed by atoms with van der Waals surface area (Å²) in [6.07, 6.45) is 1.43. The number of nitrogens with zero attached hydrogens (tertiary/aromatic N) is 2. The number of nitriles is 1. The third kappa shape index (κ3) is 9.19. The van der Waals surface area contributed by atoms with Gasteiger partial charge in [0.2, 0.25) is 0 Å². The summed E-state index contributed by atoms with van der Waals surface area (Å²) >= 11 is 0. The normalized spacial score (nSPS) is 12.1. The fraction of sp³-hybridized carbons (Fsp3) is 0.469. The number of carboxylic acids is 1. The second-order valence-corrected chi connectivity index (χ2v) is 11.3. The number of aryl methyl sites for hydroxylation is 1. The van der Waals surface area contributed by atoms with Gasteiger partial charge in [-0.3, -0.25) is 15.0 Å². The lowest BCUT2D eigenvalue weighted by Gasteiger charge is -2.26. The van der Waals surface area contributed by atoms with Gasteiger partial charge in [-0.2, -0.15) is 5.26 Å². The van der Waals surface area contributed by atoms with E-state index in [0.717, 1.165) is 16.7 Å². The van der Waals surface area contributed by atoms with Crippen molar-refractivity contribution in [1.82, 2.24) is 10.2 Å². The molecule has 3 N–H and O–H groups in total. The summed E-state index contributed by atoms with van der Waals surface area (Å²) < 4.78 is 17.3. The van der Waals surface area contributed by atoms with Gasteiger partial charge in [-0.1, -0.05) is 26.8 Å². The Kier molecular flexibility index (Phi) is 13.2. The van der Waals surface area contributed by atoms with Crippen LogP contribution in [0, 0.1) is 16.7 Å². The fourth-order valence-electron chi connectivity index (χ4n) is 4.81. The Balaban J connectivity index is 0.00000675. The van der Waals surface area contributed by atoms with Gasteiger partial charge >= 0.3 is 5.97 Å². The van der Waals surface area contributed by atoms with E-state index in [1.165, 1.54) is 7.05 Å². The largest absolute Gasteiger partial charge is 0.493 e. The maximum Gasteiger partial charge on any atom is 0.341 e. The number of fused-ring (bicyclic) bond motifs is 1. The second kappa shape index (κ2) is 16.1. The monoisotopic (exact) mass is 672 g/mol. The van der Waals surface area contributed by atoms with Crippen molar-refractivity contribution < 1.29 is 33.7 Å². The third-order valence-corrected chi connectivity index (χ3v) is 6.92. The molecule has 3 rings (SSSR count). The van der Waals surface area contributed by atoms with Gasteiger partial charge in [0.05, 0.1) is 31.4 Å². The molecule has 2 aromatic carbocycles. The fourth-order valence-corrected chi connectivity index (χ4v) is 4.81. The van der Waals surface area contributed by atoms with Crippen LogP contribution in [0.4, 0.5) is 0 Å². The summed E-state index contributed by atoms with van der Waals surface area (Å²) in [6, 6.07) is 9.16. The summed E-state index contributed by atoms with van der Waals surface area (Å²) in [5.41, 5.74) is 2.93. The van der Waals surface area contributed by atoms with E-state index >= 15 is 0 Å². The highest BCUT2D eigenvalue weighted by molar-refractivity contribution is 8.93. The number of benzene rings is 2. The Hall–Kier alpha value is -4.11. The van der Waals surface area contributed by atoms with Gasteiger partial charge in [0, 0.05) is 37.6 Å². The summed E-state index contributed by atoms with van der Waals surface area (Å²) in [5, 5.41) is 29.3. The number of ketones is 1. The minimum Gasteiger partial charge on any atom is -0.493 e. The van der Waals surface area contributed by atoms with Crippen LogP contribution < -0.4 is 19.5 Å². The summed E-state index contributed by atoms with van der Waals surface area (Å²) in [7, 11) is 1.53. The molecule has 44 heavy (non-hydrogen) atoms. The lowest BCUT2D eigenvalue weighted by Crippen LogP contribution is -2.30. The zero-order valence-electron chi connectivity index (χ0n) is 25.9. The molecule has 12 heteroatoms. The number of Topliss-reactive ketones (excluding diaryl/α,β-unsaturated/α-hetero) is 1. The van der Waals surface area contributed by atoms with Gasteiger partial charge in [-0.05, 0) is 54.5 Å². The molecule has 1 aliphatic heterocycles. The number of rotatable bonds is 15. The van der Waals surface area contributed by atoms with Crippen molar-refractivity contribution in [3.8, 4) is 23.3 Å².